The van der Waals surface area contributed by atoms with Crippen LogP contribution in [-0.4, -0.2) is 26.6 Å². The van der Waals surface area contributed by atoms with Gasteiger partial charge in [-0.05, 0) is 24.3 Å². The Bertz CT molecular complexity index is 1130. The first-order valence-electron chi connectivity index (χ1n) is 7.95. The van der Waals surface area contributed by atoms with Crippen molar-refractivity contribution >= 4 is 22.7 Å². The third-order valence-electron chi connectivity index (χ3n) is 4.18. The number of ketones is 1. The summed E-state index contributed by atoms with van der Waals surface area (Å²) in [5.74, 6) is -0.774. The van der Waals surface area contributed by atoms with Gasteiger partial charge in [0.1, 0.15) is 5.65 Å². The molecule has 0 atom stereocenters. The monoisotopic (exact) mass is 342 g/mol. The number of fused-ring (bicyclic) bond motifs is 1. The summed E-state index contributed by atoms with van der Waals surface area (Å²) in [7, 11) is 0. The summed E-state index contributed by atoms with van der Waals surface area (Å²) >= 11 is 0. The molecule has 0 radical (unpaired) electrons. The van der Waals surface area contributed by atoms with Crippen LogP contribution in [0.5, 0.6) is 0 Å². The maximum atomic E-state index is 12.9. The Morgan fingerprint density at radius 3 is 2.58 bits per heavy atom. The first kappa shape index (κ1) is 15.7. The number of carbonyl (C=O) groups excluding carboxylic acids is 2. The first-order valence-corrected chi connectivity index (χ1v) is 7.95. The zero-order valence-corrected chi connectivity index (χ0v) is 13.6. The zero-order chi connectivity index (χ0) is 18.1. The second kappa shape index (κ2) is 6.25. The fourth-order valence-corrected chi connectivity index (χ4v) is 2.85. The highest BCUT2D eigenvalue weighted by Crippen LogP contribution is 2.25. The van der Waals surface area contributed by atoms with Crippen molar-refractivity contribution < 1.29 is 9.59 Å². The quantitative estimate of drug-likeness (QED) is 0.557. The van der Waals surface area contributed by atoms with Crippen LogP contribution in [0.15, 0.2) is 67.3 Å². The van der Waals surface area contributed by atoms with E-state index in [1.165, 1.54) is 6.07 Å². The van der Waals surface area contributed by atoms with E-state index in [1.807, 2.05) is 18.2 Å². The van der Waals surface area contributed by atoms with Gasteiger partial charge in [-0.3, -0.25) is 14.6 Å². The van der Waals surface area contributed by atoms with Crippen LogP contribution in [0.4, 0.5) is 0 Å². The van der Waals surface area contributed by atoms with E-state index in [0.717, 1.165) is 11.1 Å². The molecule has 0 aliphatic rings. The summed E-state index contributed by atoms with van der Waals surface area (Å²) in [6.45, 7) is 0. The molecule has 3 heterocycles. The van der Waals surface area contributed by atoms with Gasteiger partial charge in [-0.1, -0.05) is 18.2 Å². The molecule has 0 bridgehead atoms. The van der Waals surface area contributed by atoms with Gasteiger partial charge in [-0.15, -0.1) is 0 Å². The summed E-state index contributed by atoms with van der Waals surface area (Å²) in [6, 6.07) is 12.1. The molecule has 0 unspecified atom stereocenters. The lowest BCUT2D eigenvalue weighted by molar-refractivity contribution is 0.1000. The Morgan fingerprint density at radius 2 is 1.81 bits per heavy atom. The summed E-state index contributed by atoms with van der Waals surface area (Å²) < 4.78 is 0. The van der Waals surface area contributed by atoms with E-state index in [9.17, 15) is 9.59 Å². The lowest BCUT2D eigenvalue weighted by atomic mass is 10.00. The molecule has 1 amide bonds. The Labute approximate surface area is 148 Å². The molecule has 1 aromatic carbocycles. The Balaban J connectivity index is 1.80. The van der Waals surface area contributed by atoms with Gasteiger partial charge < -0.3 is 10.7 Å². The Hall–Kier alpha value is -3.80. The minimum atomic E-state index is -0.570. The molecule has 3 N–H and O–H groups in total. The van der Waals surface area contributed by atoms with E-state index >= 15 is 0 Å². The lowest BCUT2D eigenvalue weighted by Gasteiger charge is -2.04. The average molecular weight is 342 g/mol. The lowest BCUT2D eigenvalue weighted by Crippen LogP contribution is -2.12. The van der Waals surface area contributed by atoms with Gasteiger partial charge in [0, 0.05) is 58.0 Å². The van der Waals surface area contributed by atoms with E-state index in [4.69, 9.17) is 5.73 Å². The minimum absolute atomic E-state index is 0.204. The maximum absolute atomic E-state index is 12.9. The van der Waals surface area contributed by atoms with Crippen molar-refractivity contribution in [2.75, 3.05) is 0 Å². The van der Waals surface area contributed by atoms with Crippen LogP contribution in [0, 0.1) is 0 Å². The van der Waals surface area contributed by atoms with Crippen molar-refractivity contribution in [2.24, 2.45) is 5.73 Å². The second-order valence-corrected chi connectivity index (χ2v) is 5.84. The number of carbonyl (C=O) groups is 2. The Kier molecular flexibility index (Phi) is 3.78. The van der Waals surface area contributed by atoms with Crippen LogP contribution in [0.3, 0.4) is 0 Å². The van der Waals surface area contributed by atoms with Gasteiger partial charge in [0.25, 0.3) is 0 Å². The van der Waals surface area contributed by atoms with E-state index in [-0.39, 0.29) is 5.78 Å². The van der Waals surface area contributed by atoms with Gasteiger partial charge in [0.2, 0.25) is 5.91 Å². The number of amides is 1. The molecule has 126 valence electrons. The highest BCUT2D eigenvalue weighted by molar-refractivity contribution is 6.16. The highest BCUT2D eigenvalue weighted by atomic mass is 16.1. The summed E-state index contributed by atoms with van der Waals surface area (Å²) in [6.07, 6.45) is 6.81. The van der Waals surface area contributed by atoms with E-state index in [1.54, 1.807) is 43.0 Å². The molecule has 4 rings (SSSR count). The summed E-state index contributed by atoms with van der Waals surface area (Å²) in [4.78, 5) is 35.8. The molecule has 26 heavy (non-hydrogen) atoms. The van der Waals surface area contributed by atoms with E-state index in [0.29, 0.717) is 27.7 Å². The number of nitrogens with one attached hydrogen (secondary N) is 1. The topological polar surface area (TPSA) is 102 Å². The number of H-pyrrole nitrogens is 1. The molecule has 0 aliphatic heterocycles. The fraction of sp³-hybridized carbons (Fsp3) is 0. The zero-order valence-electron chi connectivity index (χ0n) is 13.6. The number of nitrogens with two attached hydrogens (primary N) is 1. The van der Waals surface area contributed by atoms with Gasteiger partial charge in [-0.2, -0.15) is 0 Å². The number of hydrogen-bond acceptors (Lipinski definition) is 4. The van der Waals surface area contributed by atoms with Crippen LogP contribution >= 0.6 is 0 Å². The average Bonchev–Trinajstić information content (AvgIpc) is 3.11. The van der Waals surface area contributed by atoms with E-state index in [2.05, 4.69) is 15.0 Å². The number of aromatic amines is 1. The third-order valence-corrected chi connectivity index (χ3v) is 4.18. The molecule has 0 fully saturated rings. The number of hydrogen-bond donors (Lipinski definition) is 2. The predicted molar refractivity (Wildman–Crippen MR) is 97.7 cm³/mol. The normalized spacial score (nSPS) is 10.8. The molecule has 4 aromatic rings. The van der Waals surface area contributed by atoms with Crippen molar-refractivity contribution in [3.8, 4) is 11.1 Å². The maximum Gasteiger partial charge on any atom is 0.248 e. The van der Waals surface area contributed by atoms with Crippen LogP contribution in [0.2, 0.25) is 0 Å². The van der Waals surface area contributed by atoms with Gasteiger partial charge in [0.05, 0.1) is 0 Å². The predicted octanol–water partition coefficient (Wildman–Crippen LogP) is 2.95. The van der Waals surface area contributed by atoms with Gasteiger partial charge in [0.15, 0.2) is 5.78 Å². The van der Waals surface area contributed by atoms with Crippen molar-refractivity contribution in [2.45, 2.75) is 0 Å². The van der Waals surface area contributed by atoms with Crippen LogP contribution in [-0.2, 0) is 0 Å². The molecular formula is C20H14N4O2. The van der Waals surface area contributed by atoms with Crippen molar-refractivity contribution in [1.29, 1.82) is 0 Å². The molecule has 0 saturated heterocycles. The molecule has 6 heteroatoms. The number of benzene rings is 1. The SMILES string of the molecule is NC(=O)c1cccc(C(=O)c2c[nH]c3ncc(-c4cccnc4)cc23)c1. The van der Waals surface area contributed by atoms with Crippen LogP contribution in [0.25, 0.3) is 22.2 Å². The standard InChI is InChI=1S/C20H14N4O2/c21-19(26)13-4-1-3-12(7-13)18(25)17-11-24-20-16(17)8-15(10-23-20)14-5-2-6-22-9-14/h1-11H,(H2,21,26)(H,23,24). The van der Waals surface area contributed by atoms with Crippen LogP contribution in [0.1, 0.15) is 26.3 Å². The van der Waals surface area contributed by atoms with Gasteiger partial charge >= 0.3 is 0 Å². The fourth-order valence-electron chi connectivity index (χ4n) is 2.85. The largest absolute Gasteiger partial charge is 0.366 e. The van der Waals surface area contributed by atoms with Crippen molar-refractivity contribution in [3.63, 3.8) is 0 Å². The molecule has 3 aromatic heterocycles. The van der Waals surface area contributed by atoms with Crippen molar-refractivity contribution in [1.82, 2.24) is 15.0 Å². The summed E-state index contributed by atoms with van der Waals surface area (Å²) in [5.41, 5.74) is 8.88. The van der Waals surface area contributed by atoms with Crippen LogP contribution < -0.4 is 5.73 Å². The molecule has 0 aliphatic carbocycles. The second-order valence-electron chi connectivity index (χ2n) is 5.84. The molecule has 0 spiro atoms. The van der Waals surface area contributed by atoms with Gasteiger partial charge in [-0.25, -0.2) is 4.98 Å². The molecule has 6 nitrogen and oxygen atoms in total. The first-order chi connectivity index (χ1) is 12.6. The minimum Gasteiger partial charge on any atom is -0.366 e. The number of aromatic nitrogens is 3. The van der Waals surface area contributed by atoms with Crippen molar-refractivity contribution in [3.05, 3.63) is 83.9 Å². The molecule has 0 saturated carbocycles. The number of primary amides is 1. The number of pyridine rings is 2. The Morgan fingerprint density at radius 1 is 0.962 bits per heavy atom. The summed E-state index contributed by atoms with van der Waals surface area (Å²) in [5, 5.41) is 0.709. The number of rotatable bonds is 4. The van der Waals surface area contributed by atoms with E-state index < -0.39 is 5.91 Å². The smallest absolute Gasteiger partial charge is 0.248 e. The number of nitrogens with zero attached hydrogens (tertiary/aromatic N) is 2. The third kappa shape index (κ3) is 2.73. The highest BCUT2D eigenvalue weighted by Gasteiger charge is 2.16. The molecular weight excluding hydrogens is 328 g/mol.